The zero-order valence-electron chi connectivity index (χ0n) is 9.27. The second-order valence-electron chi connectivity index (χ2n) is 3.92. The number of nitrogen functional groups attached to an aromatic ring is 1. The van der Waals surface area contributed by atoms with E-state index < -0.39 is 0 Å². The number of nitrogens with two attached hydrogens (primary N) is 1. The SMILES string of the molecule is Nc1ccn2c(-c3ccccc3Cl)nc(Cl)c2c1. The minimum atomic E-state index is 0.414. The maximum absolute atomic E-state index is 6.18. The zero-order chi connectivity index (χ0) is 12.7. The lowest BCUT2D eigenvalue weighted by Gasteiger charge is -2.03. The highest BCUT2D eigenvalue weighted by Gasteiger charge is 2.13. The average Bonchev–Trinajstić information content (AvgIpc) is 2.67. The van der Waals surface area contributed by atoms with Gasteiger partial charge in [0.1, 0.15) is 5.82 Å². The van der Waals surface area contributed by atoms with Crippen molar-refractivity contribution in [1.82, 2.24) is 9.38 Å². The molecule has 3 aromatic rings. The van der Waals surface area contributed by atoms with Gasteiger partial charge in [0.05, 0.1) is 10.5 Å². The van der Waals surface area contributed by atoms with Gasteiger partial charge in [0, 0.05) is 17.4 Å². The first-order chi connectivity index (χ1) is 8.66. The monoisotopic (exact) mass is 277 g/mol. The fraction of sp³-hybridized carbons (Fsp3) is 0. The lowest BCUT2D eigenvalue weighted by atomic mass is 10.2. The van der Waals surface area contributed by atoms with Crippen LogP contribution in [-0.4, -0.2) is 9.38 Å². The number of anilines is 1. The number of aromatic nitrogens is 2. The molecule has 90 valence electrons. The summed E-state index contributed by atoms with van der Waals surface area (Å²) >= 11 is 12.3. The first-order valence-corrected chi connectivity index (χ1v) is 6.10. The van der Waals surface area contributed by atoms with Crippen LogP contribution in [0.3, 0.4) is 0 Å². The summed E-state index contributed by atoms with van der Waals surface area (Å²) in [6.45, 7) is 0. The van der Waals surface area contributed by atoms with E-state index in [-0.39, 0.29) is 0 Å². The lowest BCUT2D eigenvalue weighted by Crippen LogP contribution is -1.91. The summed E-state index contributed by atoms with van der Waals surface area (Å²) < 4.78 is 1.87. The van der Waals surface area contributed by atoms with Gasteiger partial charge in [0.25, 0.3) is 0 Å². The smallest absolute Gasteiger partial charge is 0.155 e. The fourth-order valence-electron chi connectivity index (χ4n) is 1.90. The number of rotatable bonds is 1. The molecule has 2 heterocycles. The molecule has 0 saturated carbocycles. The fourth-order valence-corrected chi connectivity index (χ4v) is 2.34. The van der Waals surface area contributed by atoms with E-state index in [0.717, 1.165) is 11.1 Å². The van der Waals surface area contributed by atoms with E-state index in [1.807, 2.05) is 34.9 Å². The molecule has 0 aliphatic rings. The molecule has 3 rings (SSSR count). The Balaban J connectivity index is 2.34. The van der Waals surface area contributed by atoms with Crippen LogP contribution in [0.4, 0.5) is 5.69 Å². The minimum absolute atomic E-state index is 0.414. The minimum Gasteiger partial charge on any atom is -0.399 e. The molecule has 0 bridgehead atoms. The van der Waals surface area contributed by atoms with E-state index in [1.54, 1.807) is 12.1 Å². The van der Waals surface area contributed by atoms with Crippen LogP contribution in [0.2, 0.25) is 10.2 Å². The Labute approximate surface area is 114 Å². The summed E-state index contributed by atoms with van der Waals surface area (Å²) in [5, 5.41) is 1.05. The third kappa shape index (κ3) is 1.72. The van der Waals surface area contributed by atoms with Gasteiger partial charge in [-0.15, -0.1) is 0 Å². The van der Waals surface area contributed by atoms with E-state index in [9.17, 15) is 0 Å². The number of pyridine rings is 1. The third-order valence-electron chi connectivity index (χ3n) is 2.74. The molecule has 0 aliphatic heterocycles. The van der Waals surface area contributed by atoms with Crippen molar-refractivity contribution in [2.75, 3.05) is 5.73 Å². The van der Waals surface area contributed by atoms with Gasteiger partial charge in [-0.1, -0.05) is 35.3 Å². The molecule has 0 spiro atoms. The van der Waals surface area contributed by atoms with Gasteiger partial charge in [-0.3, -0.25) is 4.40 Å². The standard InChI is InChI=1S/C13H9Cl2N3/c14-10-4-2-1-3-9(10)13-17-12(15)11-7-8(16)5-6-18(11)13/h1-7H,16H2. The molecular weight excluding hydrogens is 269 g/mol. The molecule has 1 aromatic carbocycles. The van der Waals surface area contributed by atoms with Gasteiger partial charge in [-0.05, 0) is 24.3 Å². The van der Waals surface area contributed by atoms with Crippen molar-refractivity contribution in [1.29, 1.82) is 0 Å². The Kier molecular flexibility index (Phi) is 2.65. The maximum Gasteiger partial charge on any atom is 0.155 e. The van der Waals surface area contributed by atoms with Crippen molar-refractivity contribution in [2.24, 2.45) is 0 Å². The molecule has 18 heavy (non-hydrogen) atoms. The highest BCUT2D eigenvalue weighted by atomic mass is 35.5. The quantitative estimate of drug-likeness (QED) is 0.733. The van der Waals surface area contributed by atoms with Crippen molar-refractivity contribution in [3.05, 3.63) is 52.8 Å². The number of hydrogen-bond acceptors (Lipinski definition) is 2. The van der Waals surface area contributed by atoms with Crippen LogP contribution in [0.5, 0.6) is 0 Å². The summed E-state index contributed by atoms with van der Waals surface area (Å²) in [4.78, 5) is 4.35. The Morgan fingerprint density at radius 1 is 1.11 bits per heavy atom. The molecule has 0 amide bonds. The van der Waals surface area contributed by atoms with Gasteiger partial charge >= 0.3 is 0 Å². The number of hydrogen-bond donors (Lipinski definition) is 1. The molecule has 0 saturated heterocycles. The number of halogens is 2. The lowest BCUT2D eigenvalue weighted by molar-refractivity contribution is 1.16. The summed E-state index contributed by atoms with van der Waals surface area (Å²) in [6.07, 6.45) is 1.84. The Hall–Kier alpha value is -1.71. The number of benzene rings is 1. The van der Waals surface area contributed by atoms with E-state index in [0.29, 0.717) is 21.7 Å². The summed E-state index contributed by atoms with van der Waals surface area (Å²) in [5.74, 6) is 0.709. The summed E-state index contributed by atoms with van der Waals surface area (Å²) in [5.41, 5.74) is 8.00. The first kappa shape index (κ1) is 11.4. The van der Waals surface area contributed by atoms with Crippen molar-refractivity contribution >= 4 is 34.4 Å². The predicted molar refractivity (Wildman–Crippen MR) is 75.1 cm³/mol. The summed E-state index contributed by atoms with van der Waals surface area (Å²) in [7, 11) is 0. The van der Waals surface area contributed by atoms with Crippen LogP contribution in [0.25, 0.3) is 16.9 Å². The number of nitrogens with zero attached hydrogens (tertiary/aromatic N) is 2. The zero-order valence-corrected chi connectivity index (χ0v) is 10.8. The molecule has 0 atom stereocenters. The van der Waals surface area contributed by atoms with Crippen molar-refractivity contribution in [2.45, 2.75) is 0 Å². The Morgan fingerprint density at radius 2 is 1.89 bits per heavy atom. The van der Waals surface area contributed by atoms with Crippen molar-refractivity contribution < 1.29 is 0 Å². The van der Waals surface area contributed by atoms with E-state index in [4.69, 9.17) is 28.9 Å². The van der Waals surface area contributed by atoms with Crippen molar-refractivity contribution in [3.8, 4) is 11.4 Å². The highest BCUT2D eigenvalue weighted by Crippen LogP contribution is 2.31. The van der Waals surface area contributed by atoms with Gasteiger partial charge in [0.2, 0.25) is 0 Å². The second kappa shape index (κ2) is 4.19. The molecule has 0 radical (unpaired) electrons. The molecule has 2 N–H and O–H groups in total. The second-order valence-corrected chi connectivity index (χ2v) is 4.69. The van der Waals surface area contributed by atoms with Crippen LogP contribution in [0.1, 0.15) is 0 Å². The van der Waals surface area contributed by atoms with E-state index in [1.165, 1.54) is 0 Å². The Bertz CT molecular complexity index is 734. The largest absolute Gasteiger partial charge is 0.399 e. The first-order valence-electron chi connectivity index (χ1n) is 5.35. The maximum atomic E-state index is 6.18. The predicted octanol–water partition coefficient (Wildman–Crippen LogP) is 3.89. The molecule has 0 unspecified atom stereocenters. The Morgan fingerprint density at radius 3 is 2.67 bits per heavy atom. The normalized spacial score (nSPS) is 11.0. The van der Waals surface area contributed by atoms with Gasteiger partial charge in [-0.25, -0.2) is 4.98 Å². The van der Waals surface area contributed by atoms with Crippen LogP contribution in [0, 0.1) is 0 Å². The van der Waals surface area contributed by atoms with Gasteiger partial charge in [-0.2, -0.15) is 0 Å². The summed E-state index contributed by atoms with van der Waals surface area (Å²) in [6, 6.07) is 11.1. The molecular formula is C13H9Cl2N3. The van der Waals surface area contributed by atoms with Crippen LogP contribution >= 0.6 is 23.2 Å². The van der Waals surface area contributed by atoms with E-state index in [2.05, 4.69) is 4.98 Å². The highest BCUT2D eigenvalue weighted by molar-refractivity contribution is 6.34. The third-order valence-corrected chi connectivity index (χ3v) is 3.35. The van der Waals surface area contributed by atoms with Crippen LogP contribution in [-0.2, 0) is 0 Å². The van der Waals surface area contributed by atoms with E-state index >= 15 is 0 Å². The van der Waals surface area contributed by atoms with Gasteiger partial charge in [0.15, 0.2) is 5.15 Å². The van der Waals surface area contributed by atoms with Crippen LogP contribution < -0.4 is 5.73 Å². The number of imidazole rings is 1. The molecule has 0 aliphatic carbocycles. The van der Waals surface area contributed by atoms with Crippen molar-refractivity contribution in [3.63, 3.8) is 0 Å². The molecule has 3 nitrogen and oxygen atoms in total. The number of fused-ring (bicyclic) bond motifs is 1. The average molecular weight is 278 g/mol. The van der Waals surface area contributed by atoms with Gasteiger partial charge < -0.3 is 5.73 Å². The van der Waals surface area contributed by atoms with Crippen LogP contribution in [0.15, 0.2) is 42.6 Å². The molecule has 2 aromatic heterocycles. The molecule has 5 heteroatoms. The molecule has 0 fully saturated rings. The topological polar surface area (TPSA) is 43.3 Å².